The molecule has 0 spiro atoms. The van der Waals surface area contributed by atoms with Gasteiger partial charge in [-0.05, 0) is 61.5 Å². The SMILES string of the molecule is Cc1cc(C2CCC2)oc(=O)c1C(=O)N1C[C@@H]2C[C@@H]3COC[C@@H]3[C@@H]2C1. The molecule has 0 N–H and O–H groups in total. The number of carbonyl (C=O) groups is 1. The summed E-state index contributed by atoms with van der Waals surface area (Å²) >= 11 is 0. The van der Waals surface area contributed by atoms with Crippen LogP contribution in [0, 0.1) is 30.6 Å². The lowest BCUT2D eigenvalue weighted by Gasteiger charge is -2.25. The lowest BCUT2D eigenvalue weighted by atomic mass is 9.83. The van der Waals surface area contributed by atoms with Crippen LogP contribution in [-0.4, -0.2) is 37.1 Å². The smallest absolute Gasteiger partial charge is 0.349 e. The van der Waals surface area contributed by atoms with E-state index in [4.69, 9.17) is 9.15 Å². The number of amides is 1. The van der Waals surface area contributed by atoms with Gasteiger partial charge in [-0.2, -0.15) is 0 Å². The predicted molar refractivity (Wildman–Crippen MR) is 91.6 cm³/mol. The van der Waals surface area contributed by atoms with Gasteiger partial charge in [-0.3, -0.25) is 4.79 Å². The fraction of sp³-hybridized carbons (Fsp3) is 0.700. The van der Waals surface area contributed by atoms with E-state index in [1.54, 1.807) is 0 Å². The van der Waals surface area contributed by atoms with Crippen LogP contribution < -0.4 is 5.63 Å². The molecule has 0 radical (unpaired) electrons. The van der Waals surface area contributed by atoms with Crippen molar-refractivity contribution in [1.82, 2.24) is 4.90 Å². The third kappa shape index (κ3) is 2.39. The number of aryl methyl sites for hydroxylation is 1. The maximum atomic E-state index is 13.0. The molecule has 3 heterocycles. The van der Waals surface area contributed by atoms with Crippen LogP contribution in [0.3, 0.4) is 0 Å². The molecule has 0 aromatic carbocycles. The first kappa shape index (κ1) is 15.6. The first-order valence-electron chi connectivity index (χ1n) is 9.63. The van der Waals surface area contributed by atoms with Crippen molar-refractivity contribution in [2.75, 3.05) is 26.3 Å². The maximum absolute atomic E-state index is 13.0. The van der Waals surface area contributed by atoms with E-state index in [2.05, 4.69) is 0 Å². The highest BCUT2D eigenvalue weighted by atomic mass is 16.5. The molecule has 0 bridgehead atoms. The molecule has 2 saturated carbocycles. The molecule has 4 atom stereocenters. The molecule has 25 heavy (non-hydrogen) atoms. The zero-order chi connectivity index (χ0) is 17.1. The van der Waals surface area contributed by atoms with E-state index in [-0.39, 0.29) is 11.5 Å². The summed E-state index contributed by atoms with van der Waals surface area (Å²) in [6, 6.07) is 1.91. The second kappa shape index (κ2) is 5.70. The molecule has 2 aliphatic carbocycles. The lowest BCUT2D eigenvalue weighted by Crippen LogP contribution is -2.35. The van der Waals surface area contributed by atoms with E-state index in [0.29, 0.717) is 29.6 Å². The number of hydrogen-bond donors (Lipinski definition) is 0. The first-order valence-corrected chi connectivity index (χ1v) is 9.63. The minimum atomic E-state index is -0.453. The molecular weight excluding hydrogens is 318 g/mol. The molecule has 1 amide bonds. The van der Waals surface area contributed by atoms with Crippen LogP contribution in [0.1, 0.15) is 53.3 Å². The number of hydrogen-bond acceptors (Lipinski definition) is 4. The minimum Gasteiger partial charge on any atom is -0.427 e. The normalized spacial score (nSPS) is 34.0. The summed E-state index contributed by atoms with van der Waals surface area (Å²) in [5.41, 5.74) is 0.551. The second-order valence-electron chi connectivity index (χ2n) is 8.45. The Labute approximate surface area is 147 Å². The molecular formula is C20H25NO4. The van der Waals surface area contributed by atoms with Gasteiger partial charge in [-0.25, -0.2) is 4.79 Å². The zero-order valence-corrected chi connectivity index (χ0v) is 14.7. The van der Waals surface area contributed by atoms with Crippen molar-refractivity contribution in [3.8, 4) is 0 Å². The van der Waals surface area contributed by atoms with Gasteiger partial charge >= 0.3 is 5.63 Å². The molecule has 4 aliphatic rings. The highest BCUT2D eigenvalue weighted by molar-refractivity contribution is 5.95. The molecule has 5 nitrogen and oxygen atoms in total. The van der Waals surface area contributed by atoms with Crippen molar-refractivity contribution in [1.29, 1.82) is 0 Å². The molecule has 4 fully saturated rings. The first-order chi connectivity index (χ1) is 12.1. The van der Waals surface area contributed by atoms with Gasteiger partial charge in [0.05, 0.1) is 6.61 Å². The van der Waals surface area contributed by atoms with Crippen LogP contribution in [0.4, 0.5) is 0 Å². The van der Waals surface area contributed by atoms with E-state index in [0.717, 1.165) is 56.9 Å². The molecule has 1 aromatic heterocycles. The minimum absolute atomic E-state index is 0.142. The predicted octanol–water partition coefficient (Wildman–Crippen LogP) is 2.57. The second-order valence-corrected chi connectivity index (χ2v) is 8.45. The fourth-order valence-corrected chi connectivity index (χ4v) is 5.46. The van der Waals surface area contributed by atoms with Gasteiger partial charge in [0.2, 0.25) is 0 Å². The molecule has 2 aliphatic heterocycles. The Morgan fingerprint density at radius 3 is 2.72 bits per heavy atom. The Bertz CT molecular complexity index is 765. The summed E-state index contributed by atoms with van der Waals surface area (Å²) in [6.45, 7) is 5.13. The lowest BCUT2D eigenvalue weighted by molar-refractivity contribution is 0.0767. The van der Waals surface area contributed by atoms with Crippen molar-refractivity contribution in [3.63, 3.8) is 0 Å². The van der Waals surface area contributed by atoms with Gasteiger partial charge < -0.3 is 14.1 Å². The molecule has 1 aromatic rings. The summed E-state index contributed by atoms with van der Waals surface area (Å²) in [4.78, 5) is 27.4. The Kier molecular flexibility index (Phi) is 3.56. The number of fused-ring (bicyclic) bond motifs is 3. The van der Waals surface area contributed by atoms with Gasteiger partial charge in [-0.15, -0.1) is 0 Å². The van der Waals surface area contributed by atoms with Crippen LogP contribution in [0.25, 0.3) is 0 Å². The van der Waals surface area contributed by atoms with Crippen molar-refractivity contribution in [3.05, 3.63) is 33.4 Å². The average Bonchev–Trinajstić information content (AvgIpc) is 3.15. The molecule has 134 valence electrons. The Hall–Kier alpha value is -1.62. The monoisotopic (exact) mass is 343 g/mol. The van der Waals surface area contributed by atoms with Crippen LogP contribution in [-0.2, 0) is 4.74 Å². The number of rotatable bonds is 2. The van der Waals surface area contributed by atoms with Gasteiger partial charge in [0.25, 0.3) is 5.91 Å². The number of ether oxygens (including phenoxy) is 1. The Morgan fingerprint density at radius 2 is 2.00 bits per heavy atom. The Balaban J connectivity index is 1.37. The van der Waals surface area contributed by atoms with Gasteiger partial charge in [-0.1, -0.05) is 6.42 Å². The quantitative estimate of drug-likeness (QED) is 0.828. The number of nitrogens with zero attached hydrogens (tertiary/aromatic N) is 1. The third-order valence-electron chi connectivity index (χ3n) is 7.07. The van der Waals surface area contributed by atoms with Gasteiger partial charge in [0.15, 0.2) is 0 Å². The standard InChI is InChI=1S/C20H25NO4/c1-11-5-17(12-3-2-4-12)25-20(23)18(11)19(22)21-7-13-6-14-9-24-10-16(14)15(13)8-21/h5,12-16H,2-4,6-10H2,1H3/t13-,14+,15+,16-/m0/s1. The van der Waals surface area contributed by atoms with Crippen molar-refractivity contribution < 1.29 is 13.9 Å². The highest BCUT2D eigenvalue weighted by Crippen LogP contribution is 2.48. The summed E-state index contributed by atoms with van der Waals surface area (Å²) < 4.78 is 11.1. The fourth-order valence-electron chi connectivity index (χ4n) is 5.46. The van der Waals surface area contributed by atoms with Gasteiger partial charge in [0.1, 0.15) is 11.3 Å². The molecule has 5 heteroatoms. The molecule has 2 saturated heterocycles. The molecule has 5 rings (SSSR count). The van der Waals surface area contributed by atoms with Crippen LogP contribution >= 0.6 is 0 Å². The Morgan fingerprint density at radius 1 is 1.16 bits per heavy atom. The average molecular weight is 343 g/mol. The van der Waals surface area contributed by atoms with E-state index in [1.807, 2.05) is 17.9 Å². The molecule has 0 unspecified atom stereocenters. The van der Waals surface area contributed by atoms with Crippen molar-refractivity contribution >= 4 is 5.91 Å². The van der Waals surface area contributed by atoms with E-state index < -0.39 is 5.63 Å². The van der Waals surface area contributed by atoms with Crippen LogP contribution in [0.2, 0.25) is 0 Å². The zero-order valence-electron chi connectivity index (χ0n) is 14.7. The van der Waals surface area contributed by atoms with Crippen molar-refractivity contribution in [2.45, 2.75) is 38.5 Å². The van der Waals surface area contributed by atoms with E-state index >= 15 is 0 Å². The van der Waals surface area contributed by atoms with Crippen molar-refractivity contribution in [2.24, 2.45) is 23.7 Å². The van der Waals surface area contributed by atoms with Crippen LogP contribution in [0.5, 0.6) is 0 Å². The summed E-state index contributed by atoms with van der Waals surface area (Å²) in [6.07, 6.45) is 4.51. The van der Waals surface area contributed by atoms with Gasteiger partial charge in [0, 0.05) is 25.6 Å². The highest BCUT2D eigenvalue weighted by Gasteiger charge is 2.51. The summed E-state index contributed by atoms with van der Waals surface area (Å²) in [5.74, 6) is 3.37. The number of likely N-dealkylation sites (tertiary alicyclic amines) is 1. The topological polar surface area (TPSA) is 59.8 Å². The summed E-state index contributed by atoms with van der Waals surface area (Å²) in [5, 5.41) is 0. The summed E-state index contributed by atoms with van der Waals surface area (Å²) in [7, 11) is 0. The maximum Gasteiger partial charge on any atom is 0.349 e. The van der Waals surface area contributed by atoms with Crippen LogP contribution in [0.15, 0.2) is 15.3 Å². The van der Waals surface area contributed by atoms with E-state index in [9.17, 15) is 9.59 Å². The largest absolute Gasteiger partial charge is 0.427 e. The number of carbonyl (C=O) groups excluding carboxylic acids is 1. The van der Waals surface area contributed by atoms with E-state index in [1.165, 1.54) is 6.42 Å². The third-order valence-corrected chi connectivity index (χ3v) is 7.07.